The fraction of sp³-hybridized carbons (Fsp3) is 0.562. The number of ether oxygens (including phenoxy) is 1. The molecule has 110 valence electrons. The van der Waals surface area contributed by atoms with Gasteiger partial charge < -0.3 is 14.7 Å². The second kappa shape index (κ2) is 6.75. The van der Waals surface area contributed by atoms with E-state index < -0.39 is 0 Å². The molecule has 1 saturated heterocycles. The van der Waals surface area contributed by atoms with Gasteiger partial charge in [0.1, 0.15) is 5.75 Å². The predicted octanol–water partition coefficient (Wildman–Crippen LogP) is 2.06. The Morgan fingerprint density at radius 1 is 1.45 bits per heavy atom. The molecule has 4 heteroatoms. The zero-order valence-electron chi connectivity index (χ0n) is 12.3. The molecule has 1 aliphatic heterocycles. The molecular weight excluding hydrogens is 254 g/mol. The number of benzene rings is 1. The van der Waals surface area contributed by atoms with Crippen LogP contribution < -0.4 is 4.74 Å². The number of hydrogen-bond acceptors (Lipinski definition) is 3. The number of aryl methyl sites for hydroxylation is 2. The Kier molecular flexibility index (Phi) is 5.01. The van der Waals surface area contributed by atoms with Crippen LogP contribution in [0.25, 0.3) is 0 Å². The summed E-state index contributed by atoms with van der Waals surface area (Å²) >= 11 is 0. The van der Waals surface area contributed by atoms with Crippen LogP contribution in [0.3, 0.4) is 0 Å². The van der Waals surface area contributed by atoms with Crippen molar-refractivity contribution >= 4 is 5.91 Å². The van der Waals surface area contributed by atoms with Crippen LogP contribution in [0, 0.1) is 13.8 Å². The molecule has 0 bridgehead atoms. The van der Waals surface area contributed by atoms with Crippen LogP contribution in [0.4, 0.5) is 0 Å². The summed E-state index contributed by atoms with van der Waals surface area (Å²) in [4.78, 5) is 13.6. The number of β-amino-alcohol motifs (C(OH)–C–C–N with tert-alkyl or cyclic N) is 1. The Morgan fingerprint density at radius 2 is 2.25 bits per heavy atom. The SMILES string of the molecule is Cc1ccc(OCCCC(=O)N2CC[C@H](O)C2)c(C)c1. The Balaban J connectivity index is 1.70. The van der Waals surface area contributed by atoms with Crippen LogP contribution in [0.2, 0.25) is 0 Å². The third kappa shape index (κ3) is 3.97. The average molecular weight is 277 g/mol. The fourth-order valence-corrected chi connectivity index (χ4v) is 2.49. The van der Waals surface area contributed by atoms with E-state index in [9.17, 15) is 9.90 Å². The highest BCUT2D eigenvalue weighted by molar-refractivity contribution is 5.76. The lowest BCUT2D eigenvalue weighted by atomic mass is 10.1. The van der Waals surface area contributed by atoms with Crippen molar-refractivity contribution in [3.63, 3.8) is 0 Å². The topological polar surface area (TPSA) is 49.8 Å². The van der Waals surface area contributed by atoms with Gasteiger partial charge in [0.15, 0.2) is 0 Å². The van der Waals surface area contributed by atoms with Gasteiger partial charge in [-0.2, -0.15) is 0 Å². The molecule has 1 amide bonds. The van der Waals surface area contributed by atoms with E-state index in [1.807, 2.05) is 19.1 Å². The lowest BCUT2D eigenvalue weighted by Crippen LogP contribution is -2.29. The van der Waals surface area contributed by atoms with E-state index in [4.69, 9.17) is 4.74 Å². The molecule has 0 radical (unpaired) electrons. The highest BCUT2D eigenvalue weighted by atomic mass is 16.5. The van der Waals surface area contributed by atoms with Crippen LogP contribution in [0.1, 0.15) is 30.4 Å². The van der Waals surface area contributed by atoms with Crippen molar-refractivity contribution < 1.29 is 14.6 Å². The van der Waals surface area contributed by atoms with Crippen molar-refractivity contribution in [2.45, 2.75) is 39.2 Å². The van der Waals surface area contributed by atoms with Crippen LogP contribution >= 0.6 is 0 Å². The minimum atomic E-state index is -0.342. The van der Waals surface area contributed by atoms with E-state index in [0.717, 1.165) is 11.3 Å². The summed E-state index contributed by atoms with van der Waals surface area (Å²) in [6, 6.07) is 6.09. The lowest BCUT2D eigenvalue weighted by Gasteiger charge is -2.15. The number of hydrogen-bond donors (Lipinski definition) is 1. The fourth-order valence-electron chi connectivity index (χ4n) is 2.49. The van der Waals surface area contributed by atoms with Gasteiger partial charge in [0.25, 0.3) is 0 Å². The monoisotopic (exact) mass is 277 g/mol. The van der Waals surface area contributed by atoms with E-state index in [1.54, 1.807) is 4.90 Å². The molecule has 0 aromatic heterocycles. The van der Waals surface area contributed by atoms with E-state index >= 15 is 0 Å². The minimum absolute atomic E-state index is 0.116. The second-order valence-electron chi connectivity index (χ2n) is 5.50. The lowest BCUT2D eigenvalue weighted by molar-refractivity contribution is -0.130. The average Bonchev–Trinajstić information content (AvgIpc) is 2.83. The highest BCUT2D eigenvalue weighted by Gasteiger charge is 2.23. The number of likely N-dealkylation sites (tertiary alicyclic amines) is 1. The van der Waals surface area contributed by atoms with Crippen molar-refractivity contribution in [2.75, 3.05) is 19.7 Å². The third-order valence-corrected chi connectivity index (χ3v) is 3.64. The van der Waals surface area contributed by atoms with Gasteiger partial charge in [0.2, 0.25) is 5.91 Å². The molecule has 1 heterocycles. The molecule has 1 aromatic rings. The van der Waals surface area contributed by atoms with E-state index in [-0.39, 0.29) is 12.0 Å². The Labute approximate surface area is 120 Å². The molecule has 0 unspecified atom stereocenters. The maximum atomic E-state index is 11.9. The molecule has 2 rings (SSSR count). The first-order chi connectivity index (χ1) is 9.56. The Bertz CT molecular complexity index is 473. The molecular formula is C16H23NO3. The minimum Gasteiger partial charge on any atom is -0.493 e. The van der Waals surface area contributed by atoms with Crippen molar-refractivity contribution in [3.8, 4) is 5.75 Å². The van der Waals surface area contributed by atoms with Gasteiger partial charge in [0.05, 0.1) is 12.7 Å². The number of aliphatic hydroxyl groups excluding tert-OH is 1. The quantitative estimate of drug-likeness (QED) is 0.838. The van der Waals surface area contributed by atoms with Gasteiger partial charge in [-0.1, -0.05) is 17.7 Å². The summed E-state index contributed by atoms with van der Waals surface area (Å²) < 4.78 is 5.71. The highest BCUT2D eigenvalue weighted by Crippen LogP contribution is 2.19. The first kappa shape index (κ1) is 14.9. The van der Waals surface area contributed by atoms with Gasteiger partial charge >= 0.3 is 0 Å². The van der Waals surface area contributed by atoms with Crippen LogP contribution in [-0.4, -0.2) is 41.7 Å². The summed E-state index contributed by atoms with van der Waals surface area (Å²) in [6.07, 6.45) is 1.55. The molecule has 1 N–H and O–H groups in total. The van der Waals surface area contributed by atoms with E-state index in [2.05, 4.69) is 13.0 Å². The molecule has 1 aliphatic rings. The normalized spacial score (nSPS) is 18.4. The Hall–Kier alpha value is -1.55. The summed E-state index contributed by atoms with van der Waals surface area (Å²) in [5.74, 6) is 1.01. The first-order valence-electron chi connectivity index (χ1n) is 7.22. The van der Waals surface area contributed by atoms with Gasteiger partial charge in [-0.3, -0.25) is 4.79 Å². The van der Waals surface area contributed by atoms with Crippen molar-refractivity contribution in [1.29, 1.82) is 0 Å². The molecule has 20 heavy (non-hydrogen) atoms. The maximum absolute atomic E-state index is 11.9. The van der Waals surface area contributed by atoms with Crippen molar-refractivity contribution in [3.05, 3.63) is 29.3 Å². The molecule has 4 nitrogen and oxygen atoms in total. The predicted molar refractivity (Wildman–Crippen MR) is 77.8 cm³/mol. The van der Waals surface area contributed by atoms with Gasteiger partial charge in [0, 0.05) is 19.5 Å². The maximum Gasteiger partial charge on any atom is 0.222 e. The van der Waals surface area contributed by atoms with Gasteiger partial charge in [-0.15, -0.1) is 0 Å². The number of carbonyl (C=O) groups is 1. The molecule has 1 atom stereocenters. The number of aliphatic hydroxyl groups is 1. The third-order valence-electron chi connectivity index (χ3n) is 3.64. The number of amides is 1. The zero-order valence-corrected chi connectivity index (χ0v) is 12.3. The molecule has 0 spiro atoms. The van der Waals surface area contributed by atoms with Crippen LogP contribution in [0.5, 0.6) is 5.75 Å². The van der Waals surface area contributed by atoms with Crippen LogP contribution in [-0.2, 0) is 4.79 Å². The second-order valence-corrected chi connectivity index (χ2v) is 5.50. The number of nitrogens with zero attached hydrogens (tertiary/aromatic N) is 1. The number of rotatable bonds is 5. The summed E-state index contributed by atoms with van der Waals surface area (Å²) in [7, 11) is 0. The van der Waals surface area contributed by atoms with Crippen molar-refractivity contribution in [1.82, 2.24) is 4.90 Å². The largest absolute Gasteiger partial charge is 0.493 e. The summed E-state index contributed by atoms with van der Waals surface area (Å²) in [5, 5.41) is 9.40. The molecule has 0 saturated carbocycles. The van der Waals surface area contributed by atoms with E-state index in [1.165, 1.54) is 5.56 Å². The molecule has 1 fully saturated rings. The van der Waals surface area contributed by atoms with Crippen molar-refractivity contribution in [2.24, 2.45) is 0 Å². The van der Waals surface area contributed by atoms with Gasteiger partial charge in [-0.05, 0) is 38.3 Å². The smallest absolute Gasteiger partial charge is 0.222 e. The van der Waals surface area contributed by atoms with Gasteiger partial charge in [-0.25, -0.2) is 0 Å². The Morgan fingerprint density at radius 3 is 2.90 bits per heavy atom. The van der Waals surface area contributed by atoms with Crippen LogP contribution in [0.15, 0.2) is 18.2 Å². The summed E-state index contributed by atoms with van der Waals surface area (Å²) in [6.45, 7) is 5.79. The summed E-state index contributed by atoms with van der Waals surface area (Å²) in [5.41, 5.74) is 2.34. The number of carbonyl (C=O) groups excluding carboxylic acids is 1. The first-order valence-corrected chi connectivity index (χ1v) is 7.22. The zero-order chi connectivity index (χ0) is 14.5. The standard InChI is InChI=1S/C16H23NO3/c1-12-5-6-15(13(2)10-12)20-9-3-4-16(19)17-8-7-14(18)11-17/h5-6,10,14,18H,3-4,7-9,11H2,1-2H3/t14-/m0/s1. The van der Waals surface area contributed by atoms with E-state index in [0.29, 0.717) is 39.0 Å². The molecule has 0 aliphatic carbocycles. The molecule has 1 aromatic carbocycles.